The van der Waals surface area contributed by atoms with Gasteiger partial charge in [-0.05, 0) is 43.9 Å². The monoisotopic (exact) mass is 340 g/mol. The Morgan fingerprint density at radius 1 is 1.36 bits per heavy atom. The van der Waals surface area contributed by atoms with Crippen molar-refractivity contribution in [2.45, 2.75) is 45.6 Å². The standard InChI is InChI=1S/C21H28N2O2/c1-4-21(14(2)20(24)25)11-7-12-23-13-10-16-15-8-5-6-9-17(15)22(3)18(16)19(21)23/h5-6,8-9,14,19H,4,7,10-13H2,1-3H3,(H,24,25)/t14?,19-,21+/m1/s1. The lowest BCUT2D eigenvalue weighted by Gasteiger charge is -2.54. The second-order valence-corrected chi connectivity index (χ2v) is 7.88. The van der Waals surface area contributed by atoms with Gasteiger partial charge in [0.1, 0.15) is 0 Å². The number of hydrogen-bond donors (Lipinski definition) is 1. The maximum absolute atomic E-state index is 12.0. The summed E-state index contributed by atoms with van der Waals surface area (Å²) in [6.07, 6.45) is 4.07. The summed E-state index contributed by atoms with van der Waals surface area (Å²) in [6, 6.07) is 8.83. The van der Waals surface area contributed by atoms with Gasteiger partial charge in [-0.3, -0.25) is 9.69 Å². The first kappa shape index (κ1) is 16.6. The summed E-state index contributed by atoms with van der Waals surface area (Å²) >= 11 is 0. The SMILES string of the molecule is CC[C@@]1(C(C)C(=O)O)CCCN2CCc3c(n(C)c4ccccc34)[C@@H]21. The number of aliphatic carboxylic acids is 1. The van der Waals surface area contributed by atoms with Crippen molar-refractivity contribution in [3.8, 4) is 0 Å². The first-order valence-electron chi connectivity index (χ1n) is 9.54. The lowest BCUT2D eigenvalue weighted by Crippen LogP contribution is -2.53. The predicted molar refractivity (Wildman–Crippen MR) is 99.7 cm³/mol. The molecule has 1 aromatic heterocycles. The zero-order chi connectivity index (χ0) is 17.8. The van der Waals surface area contributed by atoms with Crippen molar-refractivity contribution in [1.29, 1.82) is 0 Å². The van der Waals surface area contributed by atoms with Crippen LogP contribution in [0.3, 0.4) is 0 Å². The van der Waals surface area contributed by atoms with Crippen LogP contribution in [0, 0.1) is 11.3 Å². The number of piperidine rings is 1. The van der Waals surface area contributed by atoms with Gasteiger partial charge in [0, 0.05) is 35.6 Å². The summed E-state index contributed by atoms with van der Waals surface area (Å²) in [5, 5.41) is 11.2. The number of benzene rings is 1. The molecule has 134 valence electrons. The van der Waals surface area contributed by atoms with Crippen LogP contribution in [0.4, 0.5) is 0 Å². The minimum atomic E-state index is -0.658. The van der Waals surface area contributed by atoms with Crippen molar-refractivity contribution in [2.24, 2.45) is 18.4 Å². The zero-order valence-electron chi connectivity index (χ0n) is 15.5. The molecule has 0 bridgehead atoms. The molecule has 0 radical (unpaired) electrons. The Kier molecular flexibility index (Phi) is 3.91. The van der Waals surface area contributed by atoms with E-state index in [4.69, 9.17) is 0 Å². The maximum Gasteiger partial charge on any atom is 0.306 e. The molecule has 0 spiro atoms. The fourth-order valence-corrected chi connectivity index (χ4v) is 5.66. The molecule has 4 nitrogen and oxygen atoms in total. The van der Waals surface area contributed by atoms with E-state index in [2.05, 4.69) is 47.7 Å². The second-order valence-electron chi connectivity index (χ2n) is 7.88. The Morgan fingerprint density at radius 3 is 2.84 bits per heavy atom. The van der Waals surface area contributed by atoms with Crippen LogP contribution >= 0.6 is 0 Å². The normalized spacial score (nSPS) is 27.7. The van der Waals surface area contributed by atoms with E-state index < -0.39 is 5.97 Å². The molecule has 4 heteroatoms. The van der Waals surface area contributed by atoms with Crippen molar-refractivity contribution >= 4 is 16.9 Å². The Labute approximate surface area is 149 Å². The largest absolute Gasteiger partial charge is 0.481 e. The molecule has 2 aliphatic heterocycles. The highest BCUT2D eigenvalue weighted by atomic mass is 16.4. The Balaban J connectivity index is 1.96. The molecule has 25 heavy (non-hydrogen) atoms. The van der Waals surface area contributed by atoms with Gasteiger partial charge in [0.15, 0.2) is 0 Å². The van der Waals surface area contributed by atoms with Crippen LogP contribution in [-0.2, 0) is 18.3 Å². The summed E-state index contributed by atoms with van der Waals surface area (Å²) in [7, 11) is 2.16. The highest BCUT2D eigenvalue weighted by Gasteiger charge is 2.52. The predicted octanol–water partition coefficient (Wildman–Crippen LogP) is 3.99. The minimum Gasteiger partial charge on any atom is -0.481 e. The average molecular weight is 340 g/mol. The van der Waals surface area contributed by atoms with E-state index in [9.17, 15) is 9.90 Å². The Bertz CT molecular complexity index is 825. The number of fused-ring (bicyclic) bond motifs is 5. The first-order valence-corrected chi connectivity index (χ1v) is 9.54. The molecule has 1 unspecified atom stereocenters. The van der Waals surface area contributed by atoms with E-state index in [1.165, 1.54) is 22.2 Å². The summed E-state index contributed by atoms with van der Waals surface area (Å²) in [6.45, 7) is 6.23. The average Bonchev–Trinajstić information content (AvgIpc) is 2.93. The smallest absolute Gasteiger partial charge is 0.306 e. The van der Waals surface area contributed by atoms with Crippen molar-refractivity contribution < 1.29 is 9.90 Å². The molecule has 0 saturated carbocycles. The maximum atomic E-state index is 12.0. The summed E-state index contributed by atoms with van der Waals surface area (Å²) in [5.41, 5.74) is 3.88. The molecular weight excluding hydrogens is 312 g/mol. The summed E-state index contributed by atoms with van der Waals surface area (Å²) in [5.74, 6) is -0.996. The molecule has 0 aliphatic carbocycles. The third-order valence-corrected chi connectivity index (χ3v) is 7.06. The molecule has 4 rings (SSSR count). The van der Waals surface area contributed by atoms with Crippen molar-refractivity contribution in [2.75, 3.05) is 13.1 Å². The van der Waals surface area contributed by atoms with Crippen LogP contribution < -0.4 is 0 Å². The first-order chi connectivity index (χ1) is 12.0. The van der Waals surface area contributed by atoms with Gasteiger partial charge in [-0.1, -0.05) is 32.0 Å². The van der Waals surface area contributed by atoms with E-state index in [-0.39, 0.29) is 17.4 Å². The molecule has 2 aliphatic rings. The molecular formula is C21H28N2O2. The number of hydrogen-bond acceptors (Lipinski definition) is 2. The molecule has 0 amide bonds. The number of nitrogens with zero attached hydrogens (tertiary/aromatic N) is 2. The molecule has 1 fully saturated rings. The topological polar surface area (TPSA) is 45.5 Å². The second kappa shape index (κ2) is 5.87. The number of rotatable bonds is 3. The van der Waals surface area contributed by atoms with Gasteiger partial charge < -0.3 is 9.67 Å². The third-order valence-electron chi connectivity index (χ3n) is 7.06. The lowest BCUT2D eigenvalue weighted by atomic mass is 9.61. The number of carbonyl (C=O) groups is 1. The highest BCUT2D eigenvalue weighted by molar-refractivity contribution is 5.86. The minimum absolute atomic E-state index is 0.193. The van der Waals surface area contributed by atoms with Crippen molar-refractivity contribution in [3.05, 3.63) is 35.5 Å². The van der Waals surface area contributed by atoms with E-state index in [0.29, 0.717) is 0 Å². The lowest BCUT2D eigenvalue weighted by molar-refractivity contribution is -0.152. The van der Waals surface area contributed by atoms with Gasteiger partial charge in [0.2, 0.25) is 0 Å². The fraction of sp³-hybridized carbons (Fsp3) is 0.571. The number of para-hydroxylation sites is 1. The van der Waals surface area contributed by atoms with Crippen LogP contribution in [0.2, 0.25) is 0 Å². The number of carboxylic acid groups (broad SMARTS) is 1. The molecule has 3 atom stereocenters. The zero-order valence-corrected chi connectivity index (χ0v) is 15.5. The van der Waals surface area contributed by atoms with Gasteiger partial charge in [0.05, 0.1) is 12.0 Å². The molecule has 3 heterocycles. The van der Waals surface area contributed by atoms with Crippen LogP contribution in [0.15, 0.2) is 24.3 Å². The van der Waals surface area contributed by atoms with Gasteiger partial charge in [0.25, 0.3) is 0 Å². The Morgan fingerprint density at radius 2 is 2.12 bits per heavy atom. The van der Waals surface area contributed by atoms with Crippen molar-refractivity contribution in [3.63, 3.8) is 0 Å². The van der Waals surface area contributed by atoms with E-state index >= 15 is 0 Å². The molecule has 1 aromatic carbocycles. The van der Waals surface area contributed by atoms with Crippen LogP contribution in [0.25, 0.3) is 10.9 Å². The number of aryl methyl sites for hydroxylation is 1. The van der Waals surface area contributed by atoms with Gasteiger partial charge in [-0.2, -0.15) is 0 Å². The third kappa shape index (κ3) is 2.20. The van der Waals surface area contributed by atoms with Crippen LogP contribution in [-0.4, -0.2) is 33.6 Å². The van der Waals surface area contributed by atoms with Gasteiger partial charge >= 0.3 is 5.97 Å². The van der Waals surface area contributed by atoms with Crippen LogP contribution in [0.5, 0.6) is 0 Å². The summed E-state index contributed by atoms with van der Waals surface area (Å²) in [4.78, 5) is 14.5. The van der Waals surface area contributed by atoms with Gasteiger partial charge in [-0.25, -0.2) is 0 Å². The quantitative estimate of drug-likeness (QED) is 0.919. The summed E-state index contributed by atoms with van der Waals surface area (Å²) < 4.78 is 2.34. The van der Waals surface area contributed by atoms with E-state index in [1.54, 1.807) is 0 Å². The van der Waals surface area contributed by atoms with Crippen LogP contribution in [0.1, 0.15) is 50.4 Å². The highest BCUT2D eigenvalue weighted by Crippen LogP contribution is 2.55. The number of aromatic nitrogens is 1. The van der Waals surface area contributed by atoms with Crippen molar-refractivity contribution in [1.82, 2.24) is 9.47 Å². The van der Waals surface area contributed by atoms with E-state index in [1.807, 2.05) is 6.92 Å². The Hall–Kier alpha value is -1.81. The van der Waals surface area contributed by atoms with E-state index in [0.717, 1.165) is 38.8 Å². The number of carboxylic acids is 1. The molecule has 1 saturated heterocycles. The fourth-order valence-electron chi connectivity index (χ4n) is 5.66. The molecule has 1 N–H and O–H groups in total. The molecule has 2 aromatic rings. The van der Waals surface area contributed by atoms with Gasteiger partial charge in [-0.15, -0.1) is 0 Å².